The van der Waals surface area contributed by atoms with Crippen molar-refractivity contribution >= 4 is 24.0 Å². The molecule has 1 aromatic rings. The molecule has 1 aliphatic rings. The van der Waals surface area contributed by atoms with Gasteiger partial charge in [0.1, 0.15) is 6.10 Å². The fourth-order valence-corrected chi connectivity index (χ4v) is 2.48. The molecule has 1 heterocycles. The Labute approximate surface area is 120 Å². The van der Waals surface area contributed by atoms with Crippen molar-refractivity contribution in [3.8, 4) is 0 Å². The highest BCUT2D eigenvalue weighted by Gasteiger charge is 2.30. The zero-order valence-electron chi connectivity index (χ0n) is 11.3. The van der Waals surface area contributed by atoms with E-state index in [9.17, 15) is 4.79 Å². The van der Waals surface area contributed by atoms with Gasteiger partial charge in [-0.05, 0) is 24.0 Å². The number of nitrogens with zero attached hydrogens (tertiary/aromatic N) is 1. The number of carbonyl (C=O) groups excluding carboxylic acids is 1. The first-order chi connectivity index (χ1) is 8.67. The van der Waals surface area contributed by atoms with E-state index in [1.165, 1.54) is 12.7 Å². The minimum atomic E-state index is -0.552. The summed E-state index contributed by atoms with van der Waals surface area (Å²) in [6.45, 7) is 3.10. The van der Waals surface area contributed by atoms with Crippen molar-refractivity contribution < 1.29 is 9.53 Å². The maximum atomic E-state index is 12.4. The molecule has 0 aromatic heterocycles. The van der Waals surface area contributed by atoms with Crippen LogP contribution in [0.2, 0.25) is 0 Å². The molecule has 4 nitrogen and oxygen atoms in total. The number of fused-ring (bicyclic) bond motifs is 1. The molecule has 2 N–H and O–H groups in total. The second-order valence-corrected chi connectivity index (χ2v) is 4.85. The molecule has 0 radical (unpaired) electrons. The molecule has 1 aliphatic heterocycles. The van der Waals surface area contributed by atoms with Gasteiger partial charge >= 0.3 is 0 Å². The number of carbonyl (C=O) groups is 1. The summed E-state index contributed by atoms with van der Waals surface area (Å²) >= 11 is 0. The molecule has 19 heavy (non-hydrogen) atoms. The summed E-state index contributed by atoms with van der Waals surface area (Å²) < 4.78 is 5.15. The lowest BCUT2D eigenvalue weighted by Crippen LogP contribution is -2.47. The highest BCUT2D eigenvalue weighted by Crippen LogP contribution is 2.29. The third-order valence-corrected chi connectivity index (χ3v) is 3.39. The number of para-hydroxylation sites is 1. The second-order valence-electron chi connectivity index (χ2n) is 4.85. The van der Waals surface area contributed by atoms with E-state index >= 15 is 0 Å². The summed E-state index contributed by atoms with van der Waals surface area (Å²) in [5.41, 5.74) is 7.79. The van der Waals surface area contributed by atoms with E-state index in [-0.39, 0.29) is 24.9 Å². The van der Waals surface area contributed by atoms with Crippen LogP contribution in [-0.2, 0) is 16.0 Å². The van der Waals surface area contributed by atoms with Crippen LogP contribution in [-0.4, -0.2) is 32.2 Å². The summed E-state index contributed by atoms with van der Waals surface area (Å²) in [5.74, 6) is 0.415. The number of rotatable bonds is 3. The molecule has 0 saturated carbocycles. The van der Waals surface area contributed by atoms with Crippen LogP contribution in [0, 0.1) is 5.92 Å². The number of halogens is 1. The van der Waals surface area contributed by atoms with Crippen molar-refractivity contribution in [3.63, 3.8) is 0 Å². The Morgan fingerprint density at radius 2 is 2.21 bits per heavy atom. The molecule has 1 aromatic carbocycles. The van der Waals surface area contributed by atoms with Gasteiger partial charge < -0.3 is 15.4 Å². The van der Waals surface area contributed by atoms with Gasteiger partial charge in [-0.15, -0.1) is 12.4 Å². The van der Waals surface area contributed by atoms with Crippen molar-refractivity contribution in [2.75, 3.05) is 25.1 Å². The molecule has 106 valence electrons. The number of hydrogen-bond donors (Lipinski definition) is 1. The van der Waals surface area contributed by atoms with Gasteiger partial charge in [0.25, 0.3) is 5.91 Å². The zero-order valence-corrected chi connectivity index (χ0v) is 12.2. The van der Waals surface area contributed by atoms with E-state index in [0.717, 1.165) is 18.7 Å². The first-order valence-corrected chi connectivity index (χ1v) is 6.29. The molecule has 0 spiro atoms. The second kappa shape index (κ2) is 6.89. The fraction of sp³-hybridized carbons (Fsp3) is 0.500. The molecule has 0 saturated heterocycles. The van der Waals surface area contributed by atoms with Gasteiger partial charge in [0.2, 0.25) is 0 Å². The third kappa shape index (κ3) is 3.26. The van der Waals surface area contributed by atoms with Gasteiger partial charge in [-0.1, -0.05) is 25.1 Å². The van der Waals surface area contributed by atoms with Crippen LogP contribution in [0.4, 0.5) is 5.69 Å². The predicted molar refractivity (Wildman–Crippen MR) is 78.8 cm³/mol. The first kappa shape index (κ1) is 16.0. The molecular formula is C14H21ClN2O2. The van der Waals surface area contributed by atoms with E-state index in [4.69, 9.17) is 10.5 Å². The molecule has 0 bridgehead atoms. The van der Waals surface area contributed by atoms with Crippen molar-refractivity contribution in [2.45, 2.75) is 19.4 Å². The maximum absolute atomic E-state index is 12.4. The summed E-state index contributed by atoms with van der Waals surface area (Å²) in [6.07, 6.45) is 0.462. The van der Waals surface area contributed by atoms with Crippen LogP contribution in [0.1, 0.15) is 12.5 Å². The lowest BCUT2D eigenvalue weighted by molar-refractivity contribution is -0.128. The number of ether oxygens (including phenoxy) is 1. The zero-order chi connectivity index (χ0) is 13.1. The minimum Gasteiger partial charge on any atom is -0.370 e. The number of nitrogens with two attached hydrogens (primary N) is 1. The molecule has 2 unspecified atom stereocenters. The average molecular weight is 285 g/mol. The lowest BCUT2D eigenvalue weighted by atomic mass is 9.93. The maximum Gasteiger partial charge on any atom is 0.257 e. The van der Waals surface area contributed by atoms with E-state index < -0.39 is 6.10 Å². The minimum absolute atomic E-state index is 0. The van der Waals surface area contributed by atoms with Crippen molar-refractivity contribution in [1.29, 1.82) is 0 Å². The van der Waals surface area contributed by atoms with Crippen LogP contribution < -0.4 is 10.6 Å². The smallest absolute Gasteiger partial charge is 0.257 e. The largest absolute Gasteiger partial charge is 0.370 e. The predicted octanol–water partition coefficient (Wildman–Crippen LogP) is 1.61. The number of benzene rings is 1. The van der Waals surface area contributed by atoms with E-state index in [1.54, 1.807) is 0 Å². The monoisotopic (exact) mass is 284 g/mol. The van der Waals surface area contributed by atoms with Crippen LogP contribution in [0.5, 0.6) is 0 Å². The number of anilines is 1. The highest BCUT2D eigenvalue weighted by molar-refractivity contribution is 5.97. The van der Waals surface area contributed by atoms with E-state index in [1.807, 2.05) is 23.1 Å². The Bertz CT molecular complexity index is 435. The van der Waals surface area contributed by atoms with Crippen molar-refractivity contribution in [1.82, 2.24) is 0 Å². The van der Waals surface area contributed by atoms with Crippen LogP contribution in [0.25, 0.3) is 0 Å². The molecule has 2 atom stereocenters. The van der Waals surface area contributed by atoms with Crippen LogP contribution >= 0.6 is 12.4 Å². The number of hydrogen-bond acceptors (Lipinski definition) is 3. The van der Waals surface area contributed by atoms with Crippen LogP contribution in [0.15, 0.2) is 24.3 Å². The van der Waals surface area contributed by atoms with E-state index in [2.05, 4.69) is 13.0 Å². The SMILES string of the molecule is COC(CN)C(=O)N1CC(C)Cc2ccccc21.Cl. The summed E-state index contributed by atoms with van der Waals surface area (Å²) in [7, 11) is 1.52. The topological polar surface area (TPSA) is 55.6 Å². The normalized spacial score (nSPS) is 19.3. The molecule has 2 rings (SSSR count). The number of amides is 1. The molecule has 0 aliphatic carbocycles. The molecule has 5 heteroatoms. The van der Waals surface area contributed by atoms with Crippen molar-refractivity contribution in [2.24, 2.45) is 11.7 Å². The number of methoxy groups -OCH3 is 1. The third-order valence-electron chi connectivity index (χ3n) is 3.39. The Hall–Kier alpha value is -1.10. The average Bonchev–Trinajstić information content (AvgIpc) is 2.39. The molecule has 0 fully saturated rings. The summed E-state index contributed by atoms with van der Waals surface area (Å²) in [4.78, 5) is 14.2. The molecule has 1 amide bonds. The first-order valence-electron chi connectivity index (χ1n) is 6.29. The fourth-order valence-electron chi connectivity index (χ4n) is 2.48. The Morgan fingerprint density at radius 3 is 2.84 bits per heavy atom. The standard InChI is InChI=1S/C14H20N2O2.ClH/c1-10-7-11-5-3-4-6-12(11)16(9-10)14(17)13(8-15)18-2;/h3-6,10,13H,7-9,15H2,1-2H3;1H. The van der Waals surface area contributed by atoms with Crippen LogP contribution in [0.3, 0.4) is 0 Å². The van der Waals surface area contributed by atoms with Crippen molar-refractivity contribution in [3.05, 3.63) is 29.8 Å². The van der Waals surface area contributed by atoms with Gasteiger partial charge in [0, 0.05) is 25.9 Å². The molecular weight excluding hydrogens is 264 g/mol. The quantitative estimate of drug-likeness (QED) is 0.917. The Kier molecular flexibility index (Phi) is 5.79. The highest BCUT2D eigenvalue weighted by atomic mass is 35.5. The summed E-state index contributed by atoms with van der Waals surface area (Å²) in [5, 5.41) is 0. The Balaban J connectivity index is 0.00000180. The van der Waals surface area contributed by atoms with Gasteiger partial charge in [-0.25, -0.2) is 0 Å². The Morgan fingerprint density at radius 1 is 1.53 bits per heavy atom. The van der Waals surface area contributed by atoms with Gasteiger partial charge in [-0.3, -0.25) is 4.79 Å². The summed E-state index contributed by atoms with van der Waals surface area (Å²) in [6, 6.07) is 8.04. The van der Waals surface area contributed by atoms with E-state index in [0.29, 0.717) is 5.92 Å². The lowest BCUT2D eigenvalue weighted by Gasteiger charge is -2.34. The van der Waals surface area contributed by atoms with Gasteiger partial charge in [0.05, 0.1) is 0 Å². The van der Waals surface area contributed by atoms with Gasteiger partial charge in [-0.2, -0.15) is 0 Å². The van der Waals surface area contributed by atoms with Gasteiger partial charge in [0.15, 0.2) is 0 Å².